The van der Waals surface area contributed by atoms with Crippen LogP contribution in [-0.4, -0.2) is 44.5 Å². The van der Waals surface area contributed by atoms with Gasteiger partial charge in [-0.3, -0.25) is 4.79 Å². The third kappa shape index (κ3) is 5.09. The minimum atomic E-state index is -5.44. The number of carbonyl (C=O) groups excluding carboxylic acids is 3. The molecule has 0 saturated carbocycles. The summed E-state index contributed by atoms with van der Waals surface area (Å²) in [4.78, 5) is 55.3. The maximum absolute atomic E-state index is 13.8. The second-order valence-corrected chi connectivity index (χ2v) is 11.1. The van der Waals surface area contributed by atoms with Crippen molar-refractivity contribution in [2.45, 2.75) is 77.7 Å². The number of aryl methyl sites for hydroxylation is 1. The molecule has 0 bridgehead atoms. The van der Waals surface area contributed by atoms with Gasteiger partial charge in [0.1, 0.15) is 16.9 Å². The number of benzene rings is 1. The summed E-state index contributed by atoms with van der Waals surface area (Å²) in [7, 11) is 0. The first-order valence-electron chi connectivity index (χ1n) is 13.3. The first-order chi connectivity index (χ1) is 20.0. The van der Waals surface area contributed by atoms with Crippen LogP contribution in [-0.2, 0) is 42.4 Å². The van der Waals surface area contributed by atoms with Crippen molar-refractivity contribution in [2.75, 3.05) is 0 Å². The summed E-state index contributed by atoms with van der Waals surface area (Å²) in [6.45, 7) is 8.23. The number of ether oxygens (including phenoxy) is 4. The highest BCUT2D eigenvalue weighted by molar-refractivity contribution is 5.93. The zero-order valence-electron chi connectivity index (χ0n) is 23.7. The molecule has 11 nitrogen and oxygen atoms in total. The Balaban J connectivity index is 1.68. The number of esters is 2. The van der Waals surface area contributed by atoms with E-state index in [0.29, 0.717) is 28.6 Å². The molecule has 0 fully saturated rings. The van der Waals surface area contributed by atoms with Crippen LogP contribution in [0.5, 0.6) is 5.75 Å². The fourth-order valence-electron chi connectivity index (χ4n) is 5.11. The van der Waals surface area contributed by atoms with Crippen molar-refractivity contribution in [1.82, 2.24) is 9.55 Å². The number of hydrogen-bond acceptors (Lipinski definition) is 10. The number of carbonyl (C=O) groups is 3. The predicted molar refractivity (Wildman–Crippen MR) is 142 cm³/mol. The number of alkyl halides is 3. The third-order valence-corrected chi connectivity index (χ3v) is 7.17. The lowest BCUT2D eigenvalue weighted by molar-refractivity contribution is -0.236. The van der Waals surface area contributed by atoms with Crippen LogP contribution >= 0.6 is 0 Å². The zero-order valence-corrected chi connectivity index (χ0v) is 23.7. The molecule has 0 amide bonds. The maximum Gasteiger partial charge on any atom is 0.514 e. The molecule has 0 radical (unpaired) electrons. The lowest BCUT2D eigenvalue weighted by Gasteiger charge is -2.35. The zero-order chi connectivity index (χ0) is 31.6. The van der Waals surface area contributed by atoms with Gasteiger partial charge in [0.2, 0.25) is 0 Å². The number of pyridine rings is 2. The van der Waals surface area contributed by atoms with E-state index in [2.05, 4.69) is 4.74 Å². The van der Waals surface area contributed by atoms with Gasteiger partial charge in [-0.15, -0.1) is 0 Å². The van der Waals surface area contributed by atoms with E-state index < -0.39 is 52.9 Å². The monoisotopic (exact) mass is 604 g/mol. The van der Waals surface area contributed by atoms with Crippen molar-refractivity contribution >= 4 is 29.0 Å². The Morgan fingerprint density at radius 1 is 1.16 bits per heavy atom. The number of aliphatic hydroxyl groups is 1. The van der Waals surface area contributed by atoms with E-state index in [4.69, 9.17) is 19.2 Å². The minimum absolute atomic E-state index is 0.125. The highest BCUT2D eigenvalue weighted by atomic mass is 19.4. The van der Waals surface area contributed by atoms with E-state index >= 15 is 0 Å². The van der Waals surface area contributed by atoms with Crippen molar-refractivity contribution in [3.8, 4) is 17.1 Å². The van der Waals surface area contributed by atoms with Gasteiger partial charge in [0, 0.05) is 16.5 Å². The molecule has 1 N–H and O–H groups in total. The molecule has 2 aliphatic heterocycles. The van der Waals surface area contributed by atoms with Gasteiger partial charge in [-0.25, -0.2) is 19.4 Å². The highest BCUT2D eigenvalue weighted by Crippen LogP contribution is 2.43. The molecular weight excluding hydrogens is 577 g/mol. The van der Waals surface area contributed by atoms with Crippen LogP contribution in [0, 0.1) is 0 Å². The number of hydrogen-bond donors (Lipinski definition) is 1. The normalized spacial score (nSPS) is 19.3. The van der Waals surface area contributed by atoms with Gasteiger partial charge in [-0.1, -0.05) is 19.9 Å². The molecule has 0 saturated heterocycles. The summed E-state index contributed by atoms with van der Waals surface area (Å²) in [5, 5.41) is 11.6. The lowest BCUT2D eigenvalue weighted by Crippen LogP contribution is -2.47. The lowest BCUT2D eigenvalue weighted by atomic mass is 9.85. The van der Waals surface area contributed by atoms with Gasteiger partial charge in [0.25, 0.3) is 11.8 Å². The largest absolute Gasteiger partial charge is 0.514 e. The van der Waals surface area contributed by atoms with Gasteiger partial charge < -0.3 is 28.6 Å². The molecule has 2 aromatic heterocycles. The second kappa shape index (κ2) is 10.1. The van der Waals surface area contributed by atoms with Crippen molar-refractivity contribution < 1.29 is 51.6 Å². The van der Waals surface area contributed by atoms with E-state index in [1.807, 2.05) is 6.92 Å². The smallest absolute Gasteiger partial charge is 0.428 e. The molecule has 3 aromatic rings. The average molecular weight is 605 g/mol. The van der Waals surface area contributed by atoms with Crippen molar-refractivity contribution in [3.63, 3.8) is 0 Å². The quantitative estimate of drug-likeness (QED) is 0.260. The SMILES string of the molecule is CCc1ccc(OC(=O)OC(C)(C)C)c2cc3c(nc12)-c1cc2c(c(=O)n1C3)C(OC(=O)C(F)(F)F)OC(=O)[C@]2(O)CC. The van der Waals surface area contributed by atoms with Gasteiger partial charge in [-0.2, -0.15) is 13.2 Å². The van der Waals surface area contributed by atoms with Crippen LogP contribution in [0.15, 0.2) is 29.1 Å². The Morgan fingerprint density at radius 2 is 1.86 bits per heavy atom. The first kappa shape index (κ1) is 30.0. The molecule has 1 unspecified atom stereocenters. The van der Waals surface area contributed by atoms with E-state index in [0.717, 1.165) is 5.56 Å². The van der Waals surface area contributed by atoms with Crippen LogP contribution in [0.4, 0.5) is 18.0 Å². The number of aromatic nitrogens is 2. The second-order valence-electron chi connectivity index (χ2n) is 11.1. The van der Waals surface area contributed by atoms with Crippen molar-refractivity contribution in [2.24, 2.45) is 0 Å². The topological polar surface area (TPSA) is 143 Å². The van der Waals surface area contributed by atoms with E-state index in [1.54, 1.807) is 39.0 Å². The Kier molecular flexibility index (Phi) is 7.03. The fourth-order valence-corrected chi connectivity index (χ4v) is 5.11. The number of cyclic esters (lactones) is 1. The number of rotatable bonds is 4. The van der Waals surface area contributed by atoms with Crippen LogP contribution in [0.3, 0.4) is 0 Å². The summed E-state index contributed by atoms with van der Waals surface area (Å²) in [6.07, 6.45) is -8.47. The summed E-state index contributed by atoms with van der Waals surface area (Å²) in [5.74, 6) is -3.91. The van der Waals surface area contributed by atoms with Crippen LogP contribution < -0.4 is 10.3 Å². The summed E-state index contributed by atoms with van der Waals surface area (Å²) >= 11 is 0. The van der Waals surface area contributed by atoms with Crippen LogP contribution in [0.2, 0.25) is 0 Å². The predicted octanol–water partition coefficient (Wildman–Crippen LogP) is 4.56. The minimum Gasteiger partial charge on any atom is -0.428 e. The highest BCUT2D eigenvalue weighted by Gasteiger charge is 2.52. The number of nitrogens with zero attached hydrogens (tertiary/aromatic N) is 2. The first-order valence-corrected chi connectivity index (χ1v) is 13.3. The standard InChI is InChI=1S/C29H27F3N2O9/c1-6-13-8-9-18(40-26(38)43-27(3,4)5)15-10-14-12-34-17(21(14)33-20(13)15)11-16-19(22(34)35)23(42-25(37)29(30,31)32)41-24(36)28(16,39)7-2/h8-11,23,39H,6-7,12H2,1-5H3/t23?,28-/m0/s1. The van der Waals surface area contributed by atoms with Gasteiger partial charge in [-0.05, 0) is 57.4 Å². The van der Waals surface area contributed by atoms with E-state index in [-0.39, 0.29) is 30.0 Å². The number of halogens is 3. The van der Waals surface area contributed by atoms with Gasteiger partial charge in [0.15, 0.2) is 5.60 Å². The Hall–Kier alpha value is -4.46. The molecule has 5 rings (SSSR count). The average Bonchev–Trinajstić information content (AvgIpc) is 3.27. The van der Waals surface area contributed by atoms with Crippen molar-refractivity contribution in [3.05, 3.63) is 56.9 Å². The Labute approximate surface area is 242 Å². The number of fused-ring (bicyclic) bond motifs is 5. The molecule has 4 heterocycles. The van der Waals surface area contributed by atoms with E-state index in [1.165, 1.54) is 17.6 Å². The molecule has 43 heavy (non-hydrogen) atoms. The van der Waals surface area contributed by atoms with Crippen LogP contribution in [0.1, 0.15) is 69.6 Å². The molecule has 0 spiro atoms. The molecule has 228 valence electrons. The van der Waals surface area contributed by atoms with Gasteiger partial charge in [0.05, 0.1) is 23.4 Å². The van der Waals surface area contributed by atoms with Crippen LogP contribution in [0.25, 0.3) is 22.3 Å². The fraction of sp³-hybridized carbons (Fsp3) is 0.414. The maximum atomic E-state index is 13.8. The molecular formula is C29H27F3N2O9. The van der Waals surface area contributed by atoms with Crippen molar-refractivity contribution in [1.29, 1.82) is 0 Å². The molecule has 2 atom stereocenters. The van der Waals surface area contributed by atoms with Gasteiger partial charge >= 0.3 is 24.3 Å². The molecule has 0 aliphatic carbocycles. The summed E-state index contributed by atoms with van der Waals surface area (Å²) in [5.41, 5.74) is -2.96. The Morgan fingerprint density at radius 3 is 2.47 bits per heavy atom. The van der Waals surface area contributed by atoms with E-state index in [9.17, 15) is 37.5 Å². The molecule has 14 heteroatoms. The summed E-state index contributed by atoms with van der Waals surface area (Å²) < 4.78 is 60.1. The third-order valence-electron chi connectivity index (χ3n) is 7.17. The molecule has 2 aliphatic rings. The summed E-state index contributed by atoms with van der Waals surface area (Å²) in [6, 6.07) is 6.25. The molecule has 1 aromatic carbocycles. The Bertz CT molecular complexity index is 1760.